The van der Waals surface area contributed by atoms with Crippen LogP contribution in [0, 0.1) is 17.8 Å². The summed E-state index contributed by atoms with van der Waals surface area (Å²) in [5.41, 5.74) is 6.44. The van der Waals surface area contributed by atoms with Gasteiger partial charge in [-0.15, -0.1) is 12.4 Å². The van der Waals surface area contributed by atoms with Gasteiger partial charge in [0.05, 0.1) is 25.0 Å². The zero-order valence-electron chi connectivity index (χ0n) is 24.2. The Bertz CT molecular complexity index is 1090. The van der Waals surface area contributed by atoms with Gasteiger partial charge in [-0.1, -0.05) is 32.9 Å². The summed E-state index contributed by atoms with van der Waals surface area (Å²) in [5, 5.41) is 4.10. The maximum absolute atomic E-state index is 12.6. The van der Waals surface area contributed by atoms with Crippen molar-refractivity contribution < 1.29 is 14.1 Å². The molecule has 2 aromatic heterocycles. The van der Waals surface area contributed by atoms with Crippen LogP contribution in [0.3, 0.4) is 0 Å². The molecule has 3 saturated heterocycles. The molecule has 0 saturated carbocycles. The average molecular weight is 577 g/mol. The van der Waals surface area contributed by atoms with Crippen molar-refractivity contribution in [2.75, 3.05) is 49.1 Å². The lowest BCUT2D eigenvalue weighted by atomic mass is 9.84. The monoisotopic (exact) mass is 576 g/mol. The van der Waals surface area contributed by atoms with Crippen molar-refractivity contribution in [3.63, 3.8) is 0 Å². The lowest BCUT2D eigenvalue weighted by molar-refractivity contribution is -0.137. The summed E-state index contributed by atoms with van der Waals surface area (Å²) in [6.45, 7) is 13.2. The summed E-state index contributed by atoms with van der Waals surface area (Å²) >= 11 is 0. The van der Waals surface area contributed by atoms with E-state index in [0.717, 1.165) is 51.1 Å². The fourth-order valence-electron chi connectivity index (χ4n) is 6.05. The van der Waals surface area contributed by atoms with Gasteiger partial charge in [-0.2, -0.15) is 4.98 Å². The Hall–Kier alpha value is -2.66. The van der Waals surface area contributed by atoms with Crippen molar-refractivity contribution in [3.8, 4) is 5.75 Å². The van der Waals surface area contributed by atoms with Crippen molar-refractivity contribution in [2.24, 2.45) is 23.5 Å². The van der Waals surface area contributed by atoms with E-state index in [1.807, 2.05) is 4.90 Å². The van der Waals surface area contributed by atoms with E-state index in [2.05, 4.69) is 57.6 Å². The number of aromatic nitrogens is 4. The standard InChI is InChI=1S/C28H44N8O3.ClH/c1-18(2)26-32-28(39-33-26)34-9-6-21(7-10-34)20(4)8-12-38-22-14-30-27(31-15-22)35-16-23(29)24(17-35)36-11-5-19(3)13-25(36)37;/h14-15,18-21,23-24H,5-13,16-17,29H2,1-4H3;1H/t19?,20-,23-,24+;/m1./s1. The van der Waals surface area contributed by atoms with E-state index in [9.17, 15) is 4.79 Å². The Morgan fingerprint density at radius 3 is 2.45 bits per heavy atom. The molecule has 12 heteroatoms. The van der Waals surface area contributed by atoms with Gasteiger partial charge in [-0.05, 0) is 43.4 Å². The van der Waals surface area contributed by atoms with Crippen LogP contribution in [0.1, 0.15) is 71.5 Å². The van der Waals surface area contributed by atoms with Crippen molar-refractivity contribution >= 4 is 30.3 Å². The number of carbonyl (C=O) groups is 1. The number of likely N-dealkylation sites (tertiary alicyclic amines) is 1. The minimum absolute atomic E-state index is 0. The maximum atomic E-state index is 12.6. The zero-order chi connectivity index (χ0) is 27.5. The second-order valence-corrected chi connectivity index (χ2v) is 12.1. The predicted molar refractivity (Wildman–Crippen MR) is 156 cm³/mol. The van der Waals surface area contributed by atoms with E-state index in [-0.39, 0.29) is 36.3 Å². The number of hydrogen-bond donors (Lipinski definition) is 1. The number of anilines is 2. The largest absolute Gasteiger partial charge is 0.490 e. The van der Waals surface area contributed by atoms with Crippen LogP contribution >= 0.6 is 12.4 Å². The van der Waals surface area contributed by atoms with Crippen LogP contribution in [0.2, 0.25) is 0 Å². The van der Waals surface area contributed by atoms with Crippen LogP contribution in [0.25, 0.3) is 0 Å². The number of nitrogens with zero attached hydrogens (tertiary/aromatic N) is 7. The van der Waals surface area contributed by atoms with Crippen molar-refractivity contribution in [1.82, 2.24) is 25.0 Å². The first kappa shape index (κ1) is 30.3. The van der Waals surface area contributed by atoms with E-state index >= 15 is 0 Å². The summed E-state index contributed by atoms with van der Waals surface area (Å²) in [7, 11) is 0. The molecule has 3 fully saturated rings. The predicted octanol–water partition coefficient (Wildman–Crippen LogP) is 3.50. The van der Waals surface area contributed by atoms with Gasteiger partial charge in [-0.25, -0.2) is 9.97 Å². The van der Waals surface area contributed by atoms with Crippen LogP contribution in [0.15, 0.2) is 16.9 Å². The van der Waals surface area contributed by atoms with Gasteiger partial charge in [-0.3, -0.25) is 4.79 Å². The topological polar surface area (TPSA) is 127 Å². The van der Waals surface area contributed by atoms with Gasteiger partial charge in [0, 0.05) is 51.1 Å². The Labute approximate surface area is 243 Å². The molecule has 1 unspecified atom stereocenters. The number of halogens is 1. The Balaban J connectivity index is 0.00000370. The number of piperidine rings is 2. The third kappa shape index (κ3) is 6.97. The third-order valence-electron chi connectivity index (χ3n) is 8.74. The first-order chi connectivity index (χ1) is 18.8. The molecule has 222 valence electrons. The normalized spacial score (nSPS) is 24.9. The van der Waals surface area contributed by atoms with Crippen LogP contribution < -0.4 is 20.3 Å². The van der Waals surface area contributed by atoms with Crippen LogP contribution in [-0.4, -0.2) is 82.3 Å². The molecule has 0 radical (unpaired) electrons. The molecule has 3 aliphatic heterocycles. The molecule has 2 aromatic rings. The van der Waals surface area contributed by atoms with Gasteiger partial charge in [0.15, 0.2) is 11.6 Å². The van der Waals surface area contributed by atoms with Crippen molar-refractivity contribution in [3.05, 3.63) is 18.2 Å². The van der Waals surface area contributed by atoms with E-state index < -0.39 is 0 Å². The molecule has 0 bridgehead atoms. The highest BCUT2D eigenvalue weighted by molar-refractivity contribution is 5.85. The van der Waals surface area contributed by atoms with Crippen molar-refractivity contribution in [2.45, 2.75) is 77.8 Å². The molecule has 4 atom stereocenters. The number of hydrogen-bond acceptors (Lipinski definition) is 10. The van der Waals surface area contributed by atoms with Crippen LogP contribution in [-0.2, 0) is 4.79 Å². The molecule has 11 nitrogen and oxygen atoms in total. The zero-order valence-corrected chi connectivity index (χ0v) is 25.1. The first-order valence-electron chi connectivity index (χ1n) is 14.6. The Morgan fingerprint density at radius 2 is 1.80 bits per heavy atom. The molecule has 2 N–H and O–H groups in total. The Kier molecular flexibility index (Phi) is 10.1. The summed E-state index contributed by atoms with van der Waals surface area (Å²) in [6, 6.07) is 0.569. The minimum atomic E-state index is -0.0974. The molecule has 0 aromatic carbocycles. The highest BCUT2D eigenvalue weighted by atomic mass is 35.5. The van der Waals surface area contributed by atoms with Gasteiger partial charge in [0.1, 0.15) is 0 Å². The third-order valence-corrected chi connectivity index (χ3v) is 8.74. The maximum Gasteiger partial charge on any atom is 0.324 e. The summed E-state index contributed by atoms with van der Waals surface area (Å²) in [4.78, 5) is 32.5. The SMILES string of the molecule is CC1CCN([C@H]2CN(c3ncc(OCC[C@@H](C)C4CCN(c5nc(C(C)C)no5)CC4)cn3)C[C@H]2N)C(=O)C1.Cl. The molecule has 5 rings (SSSR count). The number of ether oxygens (including phenoxy) is 1. The quantitative estimate of drug-likeness (QED) is 0.474. The number of rotatable bonds is 9. The van der Waals surface area contributed by atoms with Gasteiger partial charge < -0.3 is 29.7 Å². The minimum Gasteiger partial charge on any atom is -0.490 e. The second kappa shape index (κ2) is 13.3. The molecule has 5 heterocycles. The highest BCUT2D eigenvalue weighted by Crippen LogP contribution is 2.30. The fraction of sp³-hybridized carbons (Fsp3) is 0.750. The van der Waals surface area contributed by atoms with Crippen LogP contribution in [0.4, 0.5) is 12.0 Å². The fourth-order valence-corrected chi connectivity index (χ4v) is 6.05. The Morgan fingerprint density at radius 1 is 1.07 bits per heavy atom. The highest BCUT2D eigenvalue weighted by Gasteiger charge is 2.39. The van der Waals surface area contributed by atoms with Crippen molar-refractivity contribution in [1.29, 1.82) is 0 Å². The van der Waals surface area contributed by atoms with Gasteiger partial charge >= 0.3 is 6.01 Å². The molecule has 0 spiro atoms. The molecule has 1 amide bonds. The summed E-state index contributed by atoms with van der Waals surface area (Å²) < 4.78 is 11.5. The van der Waals surface area contributed by atoms with E-state index in [1.54, 1.807) is 12.4 Å². The van der Waals surface area contributed by atoms with E-state index in [1.165, 1.54) is 0 Å². The summed E-state index contributed by atoms with van der Waals surface area (Å²) in [6.07, 6.45) is 8.34. The molecular formula is C28H45ClN8O3. The number of carbonyl (C=O) groups excluding carboxylic acids is 1. The number of amides is 1. The van der Waals surface area contributed by atoms with Crippen LogP contribution in [0.5, 0.6) is 5.75 Å². The first-order valence-corrected chi connectivity index (χ1v) is 14.6. The average Bonchev–Trinajstić information content (AvgIpc) is 3.57. The molecular weight excluding hydrogens is 532 g/mol. The molecule has 0 aliphatic carbocycles. The lowest BCUT2D eigenvalue weighted by Gasteiger charge is -2.36. The van der Waals surface area contributed by atoms with E-state index in [0.29, 0.717) is 61.6 Å². The van der Waals surface area contributed by atoms with Gasteiger partial charge in [0.2, 0.25) is 11.9 Å². The van der Waals surface area contributed by atoms with Gasteiger partial charge in [0.25, 0.3) is 0 Å². The van der Waals surface area contributed by atoms with E-state index in [4.69, 9.17) is 15.0 Å². The lowest BCUT2D eigenvalue weighted by Crippen LogP contribution is -2.52. The molecule has 3 aliphatic rings. The second-order valence-electron chi connectivity index (χ2n) is 12.1. The smallest absolute Gasteiger partial charge is 0.324 e. The number of nitrogens with two attached hydrogens (primary N) is 1. The summed E-state index contributed by atoms with van der Waals surface area (Å²) in [5.74, 6) is 4.24. The molecule has 40 heavy (non-hydrogen) atoms.